The predicted octanol–water partition coefficient (Wildman–Crippen LogP) is 3.75. The van der Waals surface area contributed by atoms with Gasteiger partial charge in [0.05, 0.1) is 6.61 Å². The molecule has 0 fully saturated rings. The van der Waals surface area contributed by atoms with Gasteiger partial charge in [0.15, 0.2) is 0 Å². The molecule has 1 rings (SSSR count). The number of benzene rings is 1. The number of anilines is 1. The molecule has 2 nitrogen and oxygen atoms in total. The standard InChI is InChI=1S/C11H13BrF3NO/c1-8-3-2-4-9(10(8)12)16-5-6-17-7-11(13,14)15/h2-4,16H,5-7H2,1H3. The summed E-state index contributed by atoms with van der Waals surface area (Å²) in [5.41, 5.74) is 1.91. The van der Waals surface area contributed by atoms with E-state index in [1.54, 1.807) is 0 Å². The summed E-state index contributed by atoms with van der Waals surface area (Å²) in [6, 6.07) is 5.66. The minimum atomic E-state index is -4.26. The molecule has 0 amide bonds. The molecule has 0 radical (unpaired) electrons. The molecule has 1 aromatic carbocycles. The molecule has 1 N–H and O–H groups in total. The monoisotopic (exact) mass is 311 g/mol. The molecule has 0 atom stereocenters. The van der Waals surface area contributed by atoms with Gasteiger partial charge in [0, 0.05) is 16.7 Å². The summed E-state index contributed by atoms with van der Waals surface area (Å²) in [5.74, 6) is 0. The fourth-order valence-electron chi connectivity index (χ4n) is 1.23. The Hall–Kier alpha value is -0.750. The van der Waals surface area contributed by atoms with Crippen LogP contribution in [-0.2, 0) is 4.74 Å². The third kappa shape index (κ3) is 5.41. The van der Waals surface area contributed by atoms with E-state index in [0.717, 1.165) is 15.7 Å². The highest BCUT2D eigenvalue weighted by Crippen LogP contribution is 2.25. The van der Waals surface area contributed by atoms with Crippen LogP contribution in [0.4, 0.5) is 18.9 Å². The number of aryl methyl sites for hydroxylation is 1. The summed E-state index contributed by atoms with van der Waals surface area (Å²) >= 11 is 3.40. The third-order valence-electron chi connectivity index (χ3n) is 2.02. The highest BCUT2D eigenvalue weighted by atomic mass is 79.9. The molecule has 0 heterocycles. The maximum Gasteiger partial charge on any atom is 0.411 e. The van der Waals surface area contributed by atoms with Gasteiger partial charge < -0.3 is 10.1 Å². The lowest BCUT2D eigenvalue weighted by Crippen LogP contribution is -2.20. The van der Waals surface area contributed by atoms with Crippen molar-refractivity contribution >= 4 is 21.6 Å². The van der Waals surface area contributed by atoms with Gasteiger partial charge in [0.1, 0.15) is 6.61 Å². The van der Waals surface area contributed by atoms with Gasteiger partial charge in [0.2, 0.25) is 0 Å². The lowest BCUT2D eigenvalue weighted by Gasteiger charge is -2.11. The van der Waals surface area contributed by atoms with Crippen LogP contribution in [0.15, 0.2) is 22.7 Å². The maximum absolute atomic E-state index is 11.8. The first-order valence-electron chi connectivity index (χ1n) is 5.03. The van der Waals surface area contributed by atoms with Crippen molar-refractivity contribution < 1.29 is 17.9 Å². The molecule has 0 aliphatic carbocycles. The Kier molecular flexibility index (Phi) is 5.27. The van der Waals surface area contributed by atoms with Gasteiger partial charge in [-0.05, 0) is 34.5 Å². The van der Waals surface area contributed by atoms with Crippen LogP contribution in [0, 0.1) is 6.92 Å². The van der Waals surface area contributed by atoms with Crippen LogP contribution in [0.3, 0.4) is 0 Å². The van der Waals surface area contributed by atoms with E-state index < -0.39 is 12.8 Å². The van der Waals surface area contributed by atoms with Crippen molar-refractivity contribution in [3.05, 3.63) is 28.2 Å². The van der Waals surface area contributed by atoms with Crippen LogP contribution in [0.5, 0.6) is 0 Å². The van der Waals surface area contributed by atoms with Crippen LogP contribution in [0.1, 0.15) is 5.56 Å². The van der Waals surface area contributed by atoms with Crippen molar-refractivity contribution in [3.63, 3.8) is 0 Å². The maximum atomic E-state index is 11.8. The molecule has 0 aliphatic rings. The van der Waals surface area contributed by atoms with Crippen molar-refractivity contribution in [2.75, 3.05) is 25.1 Å². The Morgan fingerprint density at radius 3 is 2.71 bits per heavy atom. The molecule has 0 bridgehead atoms. The van der Waals surface area contributed by atoms with Gasteiger partial charge in [-0.2, -0.15) is 13.2 Å². The van der Waals surface area contributed by atoms with Gasteiger partial charge in [-0.15, -0.1) is 0 Å². The molecule has 0 saturated heterocycles. The van der Waals surface area contributed by atoms with E-state index in [2.05, 4.69) is 26.0 Å². The Morgan fingerprint density at radius 1 is 1.35 bits per heavy atom. The van der Waals surface area contributed by atoms with E-state index in [0.29, 0.717) is 6.54 Å². The van der Waals surface area contributed by atoms with E-state index in [1.165, 1.54) is 0 Å². The summed E-state index contributed by atoms with van der Waals surface area (Å²) in [4.78, 5) is 0. The van der Waals surface area contributed by atoms with E-state index in [4.69, 9.17) is 0 Å². The Labute approximate surface area is 106 Å². The minimum Gasteiger partial charge on any atom is -0.382 e. The second kappa shape index (κ2) is 6.26. The lowest BCUT2D eigenvalue weighted by molar-refractivity contribution is -0.172. The van der Waals surface area contributed by atoms with Gasteiger partial charge in [-0.1, -0.05) is 12.1 Å². The van der Waals surface area contributed by atoms with Gasteiger partial charge in [-0.3, -0.25) is 0 Å². The SMILES string of the molecule is Cc1cccc(NCCOCC(F)(F)F)c1Br. The second-order valence-corrected chi connectivity index (χ2v) is 4.32. The van der Waals surface area contributed by atoms with E-state index in [9.17, 15) is 13.2 Å². The summed E-state index contributed by atoms with van der Waals surface area (Å²) in [5, 5.41) is 3.00. The normalized spacial score (nSPS) is 11.6. The van der Waals surface area contributed by atoms with Crippen LogP contribution in [-0.4, -0.2) is 25.9 Å². The molecule has 96 valence electrons. The number of hydrogen-bond acceptors (Lipinski definition) is 2. The Morgan fingerprint density at radius 2 is 2.06 bits per heavy atom. The van der Waals surface area contributed by atoms with Gasteiger partial charge in [-0.25, -0.2) is 0 Å². The molecule has 6 heteroatoms. The third-order valence-corrected chi connectivity index (χ3v) is 3.07. The van der Waals surface area contributed by atoms with E-state index >= 15 is 0 Å². The fourth-order valence-corrected chi connectivity index (χ4v) is 1.63. The second-order valence-electron chi connectivity index (χ2n) is 3.53. The lowest BCUT2D eigenvalue weighted by atomic mass is 10.2. The number of nitrogens with one attached hydrogen (secondary N) is 1. The molecule has 0 aromatic heterocycles. The topological polar surface area (TPSA) is 21.3 Å². The van der Waals surface area contributed by atoms with Gasteiger partial charge in [0.25, 0.3) is 0 Å². The first-order valence-corrected chi connectivity index (χ1v) is 5.83. The number of rotatable bonds is 5. The van der Waals surface area contributed by atoms with E-state index in [1.807, 2.05) is 25.1 Å². The van der Waals surface area contributed by atoms with Gasteiger partial charge >= 0.3 is 6.18 Å². The van der Waals surface area contributed by atoms with Crippen LogP contribution in [0.2, 0.25) is 0 Å². The summed E-state index contributed by atoms with van der Waals surface area (Å²) in [6.07, 6.45) is -4.26. The first-order chi connectivity index (χ1) is 7.90. The number of hydrogen-bond donors (Lipinski definition) is 1. The predicted molar refractivity (Wildman–Crippen MR) is 64.2 cm³/mol. The number of halogens is 4. The zero-order chi connectivity index (χ0) is 12.9. The average molecular weight is 312 g/mol. The highest BCUT2D eigenvalue weighted by Gasteiger charge is 2.27. The molecule has 0 saturated carbocycles. The summed E-state index contributed by atoms with van der Waals surface area (Å²) in [6.45, 7) is 1.08. The molecular weight excluding hydrogens is 299 g/mol. The highest BCUT2D eigenvalue weighted by molar-refractivity contribution is 9.10. The Balaban J connectivity index is 2.29. The van der Waals surface area contributed by atoms with Crippen molar-refractivity contribution in [2.24, 2.45) is 0 Å². The average Bonchev–Trinajstić information content (AvgIpc) is 2.22. The molecule has 0 unspecified atom stereocenters. The summed E-state index contributed by atoms with van der Waals surface area (Å²) in [7, 11) is 0. The van der Waals surface area contributed by atoms with Crippen molar-refractivity contribution in [1.29, 1.82) is 0 Å². The molecule has 17 heavy (non-hydrogen) atoms. The molecule has 0 aliphatic heterocycles. The first kappa shape index (κ1) is 14.3. The minimum absolute atomic E-state index is 0.0138. The van der Waals surface area contributed by atoms with Crippen LogP contribution in [0.25, 0.3) is 0 Å². The number of ether oxygens (including phenoxy) is 1. The van der Waals surface area contributed by atoms with Crippen LogP contribution >= 0.6 is 15.9 Å². The van der Waals surface area contributed by atoms with Crippen LogP contribution < -0.4 is 5.32 Å². The molecule has 1 aromatic rings. The zero-order valence-electron chi connectivity index (χ0n) is 9.27. The number of alkyl halides is 3. The van der Waals surface area contributed by atoms with E-state index in [-0.39, 0.29) is 6.61 Å². The molecular formula is C11H13BrF3NO. The summed E-state index contributed by atoms with van der Waals surface area (Å²) < 4.78 is 40.7. The molecule has 0 spiro atoms. The Bertz CT molecular complexity index is 368. The van der Waals surface area contributed by atoms with Crippen molar-refractivity contribution in [3.8, 4) is 0 Å². The smallest absolute Gasteiger partial charge is 0.382 e. The zero-order valence-corrected chi connectivity index (χ0v) is 10.9. The van der Waals surface area contributed by atoms with Crippen molar-refractivity contribution in [2.45, 2.75) is 13.1 Å². The fraction of sp³-hybridized carbons (Fsp3) is 0.455. The largest absolute Gasteiger partial charge is 0.411 e. The quantitative estimate of drug-likeness (QED) is 0.836. The van der Waals surface area contributed by atoms with Crippen molar-refractivity contribution in [1.82, 2.24) is 0 Å².